The Hall–Kier alpha value is -2.70. The lowest BCUT2D eigenvalue weighted by atomic mass is 10.1. The topological polar surface area (TPSA) is 88.3 Å². The molecule has 1 N–H and O–H groups in total. The molecule has 1 atom stereocenters. The molecule has 1 aromatic carbocycles. The molecule has 1 aliphatic heterocycles. The molecule has 0 radical (unpaired) electrons. The summed E-state index contributed by atoms with van der Waals surface area (Å²) >= 11 is 0. The third-order valence-corrected chi connectivity index (χ3v) is 3.52. The van der Waals surface area contributed by atoms with Gasteiger partial charge >= 0.3 is 5.97 Å². The van der Waals surface area contributed by atoms with Crippen LogP contribution in [0, 0.1) is 5.92 Å². The summed E-state index contributed by atoms with van der Waals surface area (Å²) in [5.41, 5.74) is 0.992. The van der Waals surface area contributed by atoms with Crippen molar-refractivity contribution in [1.29, 1.82) is 0 Å². The zero-order valence-electron chi connectivity index (χ0n) is 11.2. The Kier molecular flexibility index (Phi) is 3.39. The minimum Gasteiger partial charge on any atom is -0.481 e. The second-order valence-corrected chi connectivity index (χ2v) is 4.93. The molecule has 2 heterocycles. The lowest BCUT2D eigenvalue weighted by Gasteiger charge is -2.13. The Balaban J connectivity index is 1.75. The average molecular weight is 286 g/mol. The molecule has 1 unspecified atom stereocenters. The third-order valence-electron chi connectivity index (χ3n) is 3.52. The van der Waals surface area contributed by atoms with Gasteiger partial charge in [-0.1, -0.05) is 18.2 Å². The van der Waals surface area contributed by atoms with Crippen LogP contribution in [-0.2, 0) is 4.79 Å². The molecule has 7 nitrogen and oxygen atoms in total. The summed E-state index contributed by atoms with van der Waals surface area (Å²) in [4.78, 5) is 26.1. The Labute approximate surface area is 120 Å². The van der Waals surface area contributed by atoms with Crippen molar-refractivity contribution in [2.75, 3.05) is 13.1 Å². The van der Waals surface area contributed by atoms with Gasteiger partial charge in [-0.25, -0.2) is 0 Å². The number of likely N-dealkylation sites (tertiary alicyclic amines) is 1. The smallest absolute Gasteiger partial charge is 0.308 e. The van der Waals surface area contributed by atoms with E-state index in [1.807, 2.05) is 30.3 Å². The number of hydrogen-bond donors (Lipinski definition) is 1. The Morgan fingerprint density at radius 2 is 2.00 bits per heavy atom. The Morgan fingerprint density at radius 1 is 1.24 bits per heavy atom. The van der Waals surface area contributed by atoms with Crippen molar-refractivity contribution in [2.45, 2.75) is 6.42 Å². The summed E-state index contributed by atoms with van der Waals surface area (Å²) in [5, 5.41) is 17.2. The van der Waals surface area contributed by atoms with Crippen molar-refractivity contribution < 1.29 is 14.7 Å². The molecule has 0 bridgehead atoms. The maximum atomic E-state index is 12.3. The van der Waals surface area contributed by atoms with E-state index in [4.69, 9.17) is 5.11 Å². The Morgan fingerprint density at radius 3 is 2.67 bits per heavy atom. The van der Waals surface area contributed by atoms with Crippen LogP contribution in [0.4, 0.5) is 0 Å². The first-order valence-corrected chi connectivity index (χ1v) is 6.65. The minimum absolute atomic E-state index is 0.227. The molecule has 7 heteroatoms. The molecular formula is C14H14N4O3. The predicted molar refractivity (Wildman–Crippen MR) is 73.0 cm³/mol. The van der Waals surface area contributed by atoms with E-state index in [-0.39, 0.29) is 18.1 Å². The molecule has 108 valence electrons. The van der Waals surface area contributed by atoms with Gasteiger partial charge in [-0.2, -0.15) is 9.90 Å². The fraction of sp³-hybridized carbons (Fsp3) is 0.286. The summed E-state index contributed by atoms with van der Waals surface area (Å²) in [6.07, 6.45) is 1.89. The van der Waals surface area contributed by atoms with Gasteiger partial charge in [-0.05, 0) is 18.6 Å². The van der Waals surface area contributed by atoms with Crippen LogP contribution < -0.4 is 0 Å². The minimum atomic E-state index is -0.863. The molecule has 1 amide bonds. The first-order chi connectivity index (χ1) is 10.1. The molecule has 3 rings (SSSR count). The highest BCUT2D eigenvalue weighted by atomic mass is 16.4. The molecule has 1 aromatic heterocycles. The van der Waals surface area contributed by atoms with Crippen LogP contribution >= 0.6 is 0 Å². The first-order valence-electron chi connectivity index (χ1n) is 6.65. The number of carbonyl (C=O) groups excluding carboxylic acids is 1. The van der Waals surface area contributed by atoms with E-state index >= 15 is 0 Å². The molecule has 0 saturated carbocycles. The van der Waals surface area contributed by atoms with Gasteiger partial charge in [0.15, 0.2) is 5.69 Å². The monoisotopic (exact) mass is 286 g/mol. The maximum Gasteiger partial charge on any atom is 0.308 e. The van der Waals surface area contributed by atoms with Crippen LogP contribution in [0.5, 0.6) is 0 Å². The van der Waals surface area contributed by atoms with Crippen molar-refractivity contribution in [3.63, 3.8) is 0 Å². The number of amides is 1. The normalized spacial score (nSPS) is 17.9. The zero-order chi connectivity index (χ0) is 14.8. The number of carboxylic acid groups (broad SMARTS) is 1. The van der Waals surface area contributed by atoms with Crippen molar-refractivity contribution >= 4 is 11.9 Å². The number of rotatable bonds is 3. The van der Waals surface area contributed by atoms with Crippen LogP contribution in [0.2, 0.25) is 0 Å². The highest BCUT2D eigenvalue weighted by Gasteiger charge is 2.32. The van der Waals surface area contributed by atoms with E-state index in [9.17, 15) is 9.59 Å². The van der Waals surface area contributed by atoms with Gasteiger partial charge in [-0.15, -0.1) is 5.10 Å². The van der Waals surface area contributed by atoms with Crippen LogP contribution in [0.1, 0.15) is 16.9 Å². The van der Waals surface area contributed by atoms with Gasteiger partial charge in [0, 0.05) is 13.1 Å². The first kappa shape index (κ1) is 13.3. The molecule has 1 saturated heterocycles. The number of para-hydroxylation sites is 1. The SMILES string of the molecule is O=C(O)C1CCN(C(=O)c2cnn(-c3ccccc3)n2)C1. The van der Waals surface area contributed by atoms with Crippen molar-refractivity contribution in [2.24, 2.45) is 5.92 Å². The summed E-state index contributed by atoms with van der Waals surface area (Å²) in [6, 6.07) is 9.28. The molecule has 1 aliphatic rings. The number of hydrogen-bond acceptors (Lipinski definition) is 4. The number of aliphatic carboxylic acids is 1. The van der Waals surface area contributed by atoms with E-state index in [2.05, 4.69) is 10.2 Å². The lowest BCUT2D eigenvalue weighted by molar-refractivity contribution is -0.141. The Bertz CT molecular complexity index is 668. The number of carboxylic acids is 1. The molecule has 0 spiro atoms. The zero-order valence-corrected chi connectivity index (χ0v) is 11.2. The van der Waals surface area contributed by atoms with Crippen LogP contribution in [0.15, 0.2) is 36.5 Å². The number of carbonyl (C=O) groups is 2. The van der Waals surface area contributed by atoms with E-state index in [0.717, 1.165) is 5.69 Å². The number of benzene rings is 1. The van der Waals surface area contributed by atoms with E-state index in [1.165, 1.54) is 15.9 Å². The largest absolute Gasteiger partial charge is 0.481 e. The predicted octanol–water partition coefficient (Wildman–Crippen LogP) is 0.814. The third kappa shape index (κ3) is 2.62. The van der Waals surface area contributed by atoms with E-state index < -0.39 is 11.9 Å². The van der Waals surface area contributed by atoms with E-state index in [0.29, 0.717) is 13.0 Å². The van der Waals surface area contributed by atoms with Crippen molar-refractivity contribution in [1.82, 2.24) is 19.9 Å². The molecule has 0 aliphatic carbocycles. The van der Waals surface area contributed by atoms with Gasteiger partial charge in [0.05, 0.1) is 17.8 Å². The molecule has 21 heavy (non-hydrogen) atoms. The van der Waals surface area contributed by atoms with Gasteiger partial charge in [0.2, 0.25) is 0 Å². The highest BCUT2D eigenvalue weighted by molar-refractivity contribution is 5.92. The van der Waals surface area contributed by atoms with Gasteiger partial charge in [0.25, 0.3) is 5.91 Å². The standard InChI is InChI=1S/C14H14N4O3/c19-13(17-7-6-10(9-17)14(20)21)12-8-15-18(16-12)11-4-2-1-3-5-11/h1-5,8,10H,6-7,9H2,(H,20,21). The average Bonchev–Trinajstić information content (AvgIpc) is 3.17. The second-order valence-electron chi connectivity index (χ2n) is 4.93. The molecule has 2 aromatic rings. The number of nitrogens with zero attached hydrogens (tertiary/aromatic N) is 4. The summed E-state index contributed by atoms with van der Waals surface area (Å²) in [7, 11) is 0. The summed E-state index contributed by atoms with van der Waals surface area (Å²) < 4.78 is 0. The van der Waals surface area contributed by atoms with Gasteiger partial charge in [0.1, 0.15) is 0 Å². The quantitative estimate of drug-likeness (QED) is 0.902. The van der Waals surface area contributed by atoms with Crippen molar-refractivity contribution in [3.05, 3.63) is 42.2 Å². The highest BCUT2D eigenvalue weighted by Crippen LogP contribution is 2.18. The fourth-order valence-corrected chi connectivity index (χ4v) is 2.36. The molecular weight excluding hydrogens is 272 g/mol. The summed E-state index contributed by atoms with van der Waals surface area (Å²) in [5.74, 6) is -1.63. The van der Waals surface area contributed by atoms with Crippen molar-refractivity contribution in [3.8, 4) is 5.69 Å². The van der Waals surface area contributed by atoms with Crippen LogP contribution in [0.3, 0.4) is 0 Å². The van der Waals surface area contributed by atoms with Gasteiger partial charge < -0.3 is 10.0 Å². The van der Waals surface area contributed by atoms with Gasteiger partial charge in [-0.3, -0.25) is 9.59 Å². The fourth-order valence-electron chi connectivity index (χ4n) is 2.36. The maximum absolute atomic E-state index is 12.3. The van der Waals surface area contributed by atoms with Crippen LogP contribution in [0.25, 0.3) is 5.69 Å². The lowest BCUT2D eigenvalue weighted by Crippen LogP contribution is -2.30. The second kappa shape index (κ2) is 5.35. The number of aromatic nitrogens is 3. The molecule has 1 fully saturated rings. The van der Waals surface area contributed by atoms with Crippen LogP contribution in [-0.4, -0.2) is 50.0 Å². The van der Waals surface area contributed by atoms with E-state index in [1.54, 1.807) is 0 Å². The summed E-state index contributed by atoms with van der Waals surface area (Å²) in [6.45, 7) is 0.667.